The molecule has 1 atom stereocenters. The maximum atomic E-state index is 12.7. The predicted molar refractivity (Wildman–Crippen MR) is 98.8 cm³/mol. The van der Waals surface area contributed by atoms with Crippen molar-refractivity contribution in [2.75, 3.05) is 14.2 Å². The minimum Gasteiger partial charge on any atom is -0.497 e. The van der Waals surface area contributed by atoms with Crippen molar-refractivity contribution in [3.8, 4) is 11.5 Å². The molecule has 0 amide bonds. The molecule has 127 valence electrons. The van der Waals surface area contributed by atoms with E-state index in [-0.39, 0.29) is 57.1 Å². The minimum atomic E-state index is -1.33. The van der Waals surface area contributed by atoms with Crippen LogP contribution in [0.1, 0.15) is 16.8 Å². The molecule has 2 aromatic heterocycles. The van der Waals surface area contributed by atoms with E-state index in [2.05, 4.69) is 15.0 Å². The number of nitrogens with one attached hydrogen (secondary N) is 1. The van der Waals surface area contributed by atoms with Crippen molar-refractivity contribution < 1.29 is 13.7 Å². The fourth-order valence-corrected chi connectivity index (χ4v) is 3.71. The molecule has 6 nitrogen and oxygen atoms in total. The number of fused-ring (bicyclic) bond motifs is 1. The zero-order chi connectivity index (χ0) is 17.3. The van der Waals surface area contributed by atoms with Crippen molar-refractivity contribution in [2.24, 2.45) is 0 Å². The summed E-state index contributed by atoms with van der Waals surface area (Å²) in [6, 6.07) is 5.50. The number of H-pyrrole nitrogens is 1. The van der Waals surface area contributed by atoms with Gasteiger partial charge in [-0.25, -0.2) is 4.98 Å². The number of hydrogen-bond acceptors (Lipinski definition) is 5. The van der Waals surface area contributed by atoms with Crippen LogP contribution in [0.25, 0.3) is 11.0 Å². The molecule has 1 aromatic carbocycles. The molecule has 3 rings (SSSR count). The van der Waals surface area contributed by atoms with E-state index in [4.69, 9.17) is 9.47 Å². The van der Waals surface area contributed by atoms with Gasteiger partial charge in [0.15, 0.2) is 5.16 Å². The second kappa shape index (κ2) is 8.74. The van der Waals surface area contributed by atoms with E-state index in [1.54, 1.807) is 20.4 Å². The van der Waals surface area contributed by atoms with Crippen LogP contribution in [-0.4, -0.2) is 84.8 Å². The SMILES string of the molecule is COc1ccc2nc([S@@](=O)Cc3ncc(C)c(OC)c3C)[nH]c2c1.[K]. The van der Waals surface area contributed by atoms with Crippen LogP contribution in [-0.2, 0) is 16.6 Å². The first kappa shape index (κ1) is 20.5. The van der Waals surface area contributed by atoms with Crippen molar-refractivity contribution in [3.05, 3.63) is 41.2 Å². The van der Waals surface area contributed by atoms with E-state index in [1.807, 2.05) is 32.0 Å². The van der Waals surface area contributed by atoms with Gasteiger partial charge < -0.3 is 14.5 Å². The molecule has 0 aliphatic carbocycles. The molecule has 0 fully saturated rings. The molecule has 0 aliphatic heterocycles. The summed E-state index contributed by atoms with van der Waals surface area (Å²) in [6.45, 7) is 3.86. The molecule has 1 N–H and O–H groups in total. The van der Waals surface area contributed by atoms with Gasteiger partial charge in [0.05, 0.1) is 47.5 Å². The monoisotopic (exact) mass is 384 g/mol. The predicted octanol–water partition coefficient (Wildman–Crippen LogP) is 2.52. The van der Waals surface area contributed by atoms with Crippen molar-refractivity contribution in [3.63, 3.8) is 0 Å². The largest absolute Gasteiger partial charge is 0.497 e. The number of aryl methyl sites for hydroxylation is 1. The average molecular weight is 385 g/mol. The van der Waals surface area contributed by atoms with E-state index in [0.717, 1.165) is 39.4 Å². The first-order chi connectivity index (χ1) is 11.5. The molecule has 0 bridgehead atoms. The summed E-state index contributed by atoms with van der Waals surface area (Å²) >= 11 is 0. The molecular formula is C17H19KN3O3S. The molecule has 0 saturated heterocycles. The van der Waals surface area contributed by atoms with Gasteiger partial charge in [0.25, 0.3) is 0 Å². The van der Waals surface area contributed by atoms with Crippen LogP contribution in [0.5, 0.6) is 11.5 Å². The van der Waals surface area contributed by atoms with Crippen molar-refractivity contribution in [2.45, 2.75) is 24.8 Å². The molecule has 0 aliphatic rings. The Morgan fingerprint density at radius 1 is 1.20 bits per heavy atom. The number of benzene rings is 1. The third kappa shape index (κ3) is 4.32. The molecule has 1 radical (unpaired) electrons. The second-order valence-electron chi connectivity index (χ2n) is 5.46. The smallest absolute Gasteiger partial charge is 0.197 e. The van der Waals surface area contributed by atoms with Crippen molar-refractivity contribution in [1.29, 1.82) is 0 Å². The van der Waals surface area contributed by atoms with Gasteiger partial charge in [0.1, 0.15) is 11.5 Å². The van der Waals surface area contributed by atoms with Crippen LogP contribution < -0.4 is 9.47 Å². The number of methoxy groups -OCH3 is 2. The number of aromatic nitrogens is 3. The molecular weight excluding hydrogens is 365 g/mol. The van der Waals surface area contributed by atoms with E-state index in [0.29, 0.717) is 5.16 Å². The number of hydrogen-bond donors (Lipinski definition) is 1. The fraction of sp³-hybridized carbons (Fsp3) is 0.294. The molecule has 8 heteroatoms. The van der Waals surface area contributed by atoms with Gasteiger partial charge in [0, 0.05) is 74.8 Å². The summed E-state index contributed by atoms with van der Waals surface area (Å²) in [5.41, 5.74) is 4.16. The van der Waals surface area contributed by atoms with Crippen molar-refractivity contribution in [1.82, 2.24) is 15.0 Å². The van der Waals surface area contributed by atoms with Crippen LogP contribution in [0.4, 0.5) is 0 Å². The van der Waals surface area contributed by atoms with Crippen LogP contribution in [0.3, 0.4) is 0 Å². The number of ether oxygens (including phenoxy) is 2. The number of nitrogens with zero attached hydrogens (tertiary/aromatic N) is 2. The number of imidazole rings is 1. The summed E-state index contributed by atoms with van der Waals surface area (Å²) in [6.07, 6.45) is 1.74. The summed E-state index contributed by atoms with van der Waals surface area (Å²) in [5, 5.41) is 0.430. The number of pyridine rings is 1. The maximum Gasteiger partial charge on any atom is 0.197 e. The Hall–Kier alpha value is -0.774. The second-order valence-corrected chi connectivity index (χ2v) is 6.83. The van der Waals surface area contributed by atoms with E-state index in [1.165, 1.54) is 0 Å². The normalized spacial score (nSPS) is 11.8. The summed E-state index contributed by atoms with van der Waals surface area (Å²) in [7, 11) is 1.91. The molecule has 0 saturated carbocycles. The van der Waals surface area contributed by atoms with Crippen LogP contribution in [0.2, 0.25) is 0 Å². The zero-order valence-corrected chi connectivity index (χ0v) is 19.0. The molecule has 0 spiro atoms. The Bertz CT molecular complexity index is 927. The van der Waals surface area contributed by atoms with Gasteiger partial charge in [0.2, 0.25) is 0 Å². The molecule has 0 unspecified atom stereocenters. The van der Waals surface area contributed by atoms with Crippen LogP contribution >= 0.6 is 0 Å². The minimum absolute atomic E-state index is 0. The molecule has 2 heterocycles. The summed E-state index contributed by atoms with van der Waals surface area (Å²) in [5.74, 6) is 1.79. The third-order valence-corrected chi connectivity index (χ3v) is 5.06. The summed E-state index contributed by atoms with van der Waals surface area (Å²) < 4.78 is 23.3. The maximum absolute atomic E-state index is 12.7. The Kier molecular flexibility index (Phi) is 7.18. The van der Waals surface area contributed by atoms with E-state index >= 15 is 0 Å². The third-order valence-electron chi connectivity index (χ3n) is 3.90. The standard InChI is InChI=1S/C17H19N3O3S.K/c1-10-8-18-15(11(2)16(10)23-4)9-24(21)17-19-13-6-5-12(22-3)7-14(13)20-17;/h5-8H,9H2,1-4H3,(H,19,20);/t24-;/m0./s1. The van der Waals surface area contributed by atoms with Gasteiger partial charge in [-0.3, -0.25) is 9.19 Å². The van der Waals surface area contributed by atoms with Crippen molar-refractivity contribution >= 4 is 73.2 Å². The summed E-state index contributed by atoms with van der Waals surface area (Å²) in [4.78, 5) is 11.9. The number of rotatable bonds is 5. The first-order valence-corrected chi connectivity index (χ1v) is 8.76. The van der Waals surface area contributed by atoms with Gasteiger partial charge >= 0.3 is 0 Å². The van der Waals surface area contributed by atoms with E-state index < -0.39 is 10.8 Å². The van der Waals surface area contributed by atoms with Gasteiger partial charge in [-0.15, -0.1) is 0 Å². The Morgan fingerprint density at radius 3 is 2.64 bits per heavy atom. The quantitative estimate of drug-likeness (QED) is 0.684. The fourth-order valence-electron chi connectivity index (χ4n) is 2.61. The van der Waals surface area contributed by atoms with E-state index in [9.17, 15) is 4.21 Å². The van der Waals surface area contributed by atoms with Gasteiger partial charge in [-0.1, -0.05) is 0 Å². The first-order valence-electron chi connectivity index (χ1n) is 7.44. The molecule has 3 aromatic rings. The Labute approximate surface area is 191 Å². The van der Waals surface area contributed by atoms with Crippen LogP contribution in [0, 0.1) is 13.8 Å². The molecule has 25 heavy (non-hydrogen) atoms. The van der Waals surface area contributed by atoms with Gasteiger partial charge in [-0.2, -0.15) is 0 Å². The average Bonchev–Trinajstić information content (AvgIpc) is 3.01. The van der Waals surface area contributed by atoms with Gasteiger partial charge in [-0.05, 0) is 26.0 Å². The Balaban J connectivity index is 0.00000225. The Morgan fingerprint density at radius 2 is 1.96 bits per heavy atom. The zero-order valence-electron chi connectivity index (χ0n) is 15.0. The topological polar surface area (TPSA) is 77.1 Å². The number of aromatic amines is 1. The van der Waals surface area contributed by atoms with Crippen LogP contribution in [0.15, 0.2) is 29.6 Å².